The van der Waals surface area contributed by atoms with Gasteiger partial charge in [0.05, 0.1) is 12.2 Å². The number of aromatic nitrogens is 1. The van der Waals surface area contributed by atoms with Crippen molar-refractivity contribution in [2.45, 2.75) is 76.9 Å². The fraction of sp³-hybridized carbons (Fsp3) is 0.824. The lowest BCUT2D eigenvalue weighted by molar-refractivity contribution is 0.169. The second kappa shape index (κ2) is 6.93. The van der Waals surface area contributed by atoms with Gasteiger partial charge in [-0.15, -0.1) is 0 Å². The van der Waals surface area contributed by atoms with E-state index in [0.29, 0.717) is 12.1 Å². The number of rotatable bonds is 4. The zero-order valence-electron chi connectivity index (χ0n) is 13.4. The molecule has 2 fully saturated rings. The van der Waals surface area contributed by atoms with Crippen molar-refractivity contribution in [1.82, 2.24) is 15.6 Å². The van der Waals surface area contributed by atoms with E-state index in [1.54, 1.807) is 0 Å². The monoisotopic (exact) mass is 291 g/mol. The quantitative estimate of drug-likeness (QED) is 0.893. The van der Waals surface area contributed by atoms with Crippen LogP contribution < -0.4 is 10.6 Å². The van der Waals surface area contributed by atoms with Gasteiger partial charge in [0.2, 0.25) is 5.89 Å². The molecule has 1 aliphatic carbocycles. The van der Waals surface area contributed by atoms with Crippen molar-refractivity contribution in [3.8, 4) is 0 Å². The Morgan fingerprint density at radius 3 is 2.76 bits per heavy atom. The first-order valence-electron chi connectivity index (χ1n) is 8.66. The maximum atomic E-state index is 5.68. The molecule has 4 atom stereocenters. The smallest absolute Gasteiger partial charge is 0.211 e. The van der Waals surface area contributed by atoms with Gasteiger partial charge in [0.25, 0.3) is 0 Å². The Balaban J connectivity index is 1.63. The van der Waals surface area contributed by atoms with Gasteiger partial charge in [-0.3, -0.25) is 0 Å². The molecule has 1 saturated heterocycles. The first-order valence-corrected chi connectivity index (χ1v) is 8.66. The molecule has 2 N–H and O–H groups in total. The Morgan fingerprint density at radius 2 is 2.05 bits per heavy atom. The number of nitrogens with zero attached hydrogens (tertiary/aromatic N) is 1. The van der Waals surface area contributed by atoms with Crippen LogP contribution in [0.2, 0.25) is 0 Å². The number of aryl methyl sites for hydroxylation is 1. The molecule has 21 heavy (non-hydrogen) atoms. The van der Waals surface area contributed by atoms with E-state index in [2.05, 4.69) is 22.5 Å². The molecule has 4 unspecified atom stereocenters. The van der Waals surface area contributed by atoms with E-state index in [1.165, 1.54) is 51.5 Å². The first kappa shape index (κ1) is 15.0. The van der Waals surface area contributed by atoms with Gasteiger partial charge in [-0.25, -0.2) is 4.98 Å². The van der Waals surface area contributed by atoms with Crippen LogP contribution in [0.1, 0.15) is 69.6 Å². The van der Waals surface area contributed by atoms with Crippen molar-refractivity contribution in [2.24, 2.45) is 5.92 Å². The third kappa shape index (κ3) is 3.67. The highest BCUT2D eigenvalue weighted by Crippen LogP contribution is 2.31. The fourth-order valence-electron chi connectivity index (χ4n) is 4.06. The summed E-state index contributed by atoms with van der Waals surface area (Å²) >= 11 is 0. The Morgan fingerprint density at radius 1 is 1.24 bits per heavy atom. The molecule has 2 aliphatic rings. The van der Waals surface area contributed by atoms with E-state index in [4.69, 9.17) is 4.42 Å². The summed E-state index contributed by atoms with van der Waals surface area (Å²) in [7, 11) is 0. The van der Waals surface area contributed by atoms with Crippen molar-refractivity contribution < 1.29 is 4.42 Å². The second-order valence-corrected chi connectivity index (χ2v) is 6.81. The van der Waals surface area contributed by atoms with Crippen LogP contribution in [-0.4, -0.2) is 23.6 Å². The second-order valence-electron chi connectivity index (χ2n) is 6.81. The van der Waals surface area contributed by atoms with Crippen molar-refractivity contribution in [3.63, 3.8) is 0 Å². The predicted octanol–water partition coefficient (Wildman–Crippen LogP) is 3.33. The van der Waals surface area contributed by atoms with Crippen LogP contribution in [0, 0.1) is 12.8 Å². The lowest BCUT2D eigenvalue weighted by Crippen LogP contribution is -2.51. The van der Waals surface area contributed by atoms with Gasteiger partial charge in [0.1, 0.15) is 5.76 Å². The fourth-order valence-corrected chi connectivity index (χ4v) is 4.06. The molecule has 0 amide bonds. The van der Waals surface area contributed by atoms with Crippen molar-refractivity contribution >= 4 is 0 Å². The van der Waals surface area contributed by atoms with Gasteiger partial charge in [-0.05, 0) is 52.0 Å². The first-order chi connectivity index (χ1) is 10.2. The van der Waals surface area contributed by atoms with E-state index in [-0.39, 0.29) is 6.04 Å². The van der Waals surface area contributed by atoms with Crippen LogP contribution >= 0.6 is 0 Å². The number of hydrogen-bond donors (Lipinski definition) is 2. The summed E-state index contributed by atoms with van der Waals surface area (Å²) in [5.41, 5.74) is 0. The summed E-state index contributed by atoms with van der Waals surface area (Å²) < 4.78 is 5.68. The highest BCUT2D eigenvalue weighted by molar-refractivity contribution is 4.98. The van der Waals surface area contributed by atoms with Crippen LogP contribution in [-0.2, 0) is 0 Å². The summed E-state index contributed by atoms with van der Waals surface area (Å²) in [5.74, 6) is 2.48. The lowest BCUT2D eigenvalue weighted by atomic mass is 9.77. The Labute approximate surface area is 128 Å². The van der Waals surface area contributed by atoms with Crippen molar-refractivity contribution in [2.75, 3.05) is 6.54 Å². The summed E-state index contributed by atoms with van der Waals surface area (Å²) in [6, 6.07) is 1.50. The zero-order chi connectivity index (χ0) is 14.7. The van der Waals surface area contributed by atoms with Crippen molar-refractivity contribution in [1.29, 1.82) is 0 Å². The minimum atomic E-state index is 0.202. The summed E-state index contributed by atoms with van der Waals surface area (Å²) in [4.78, 5) is 4.37. The molecular weight excluding hydrogens is 262 g/mol. The Kier molecular flexibility index (Phi) is 4.96. The molecule has 1 aliphatic heterocycles. The highest BCUT2D eigenvalue weighted by Gasteiger charge is 2.33. The molecule has 4 heteroatoms. The summed E-state index contributed by atoms with van der Waals surface area (Å²) in [6.07, 6.45) is 11.2. The predicted molar refractivity (Wildman–Crippen MR) is 84.2 cm³/mol. The van der Waals surface area contributed by atoms with Gasteiger partial charge >= 0.3 is 0 Å². The van der Waals surface area contributed by atoms with Crippen LogP contribution in [0.25, 0.3) is 0 Å². The van der Waals surface area contributed by atoms with Crippen LogP contribution in [0.15, 0.2) is 10.6 Å². The van der Waals surface area contributed by atoms with Crippen molar-refractivity contribution in [3.05, 3.63) is 17.8 Å². The van der Waals surface area contributed by atoms with Gasteiger partial charge in [-0.1, -0.05) is 19.3 Å². The summed E-state index contributed by atoms with van der Waals surface area (Å²) in [5, 5.41) is 7.56. The molecule has 1 saturated carbocycles. The number of piperidine rings is 1. The van der Waals surface area contributed by atoms with Crippen LogP contribution in [0.4, 0.5) is 0 Å². The van der Waals surface area contributed by atoms with Gasteiger partial charge in [0, 0.05) is 12.1 Å². The molecule has 2 heterocycles. The number of hydrogen-bond acceptors (Lipinski definition) is 4. The molecule has 0 spiro atoms. The molecular formula is C17H29N3O. The molecule has 0 aromatic carbocycles. The Bertz CT molecular complexity index is 439. The van der Waals surface area contributed by atoms with E-state index < -0.39 is 0 Å². The zero-order valence-corrected chi connectivity index (χ0v) is 13.4. The van der Waals surface area contributed by atoms with Crippen LogP contribution in [0.5, 0.6) is 0 Å². The molecule has 3 rings (SSSR count). The largest absolute Gasteiger partial charge is 0.444 e. The van der Waals surface area contributed by atoms with Crippen LogP contribution in [0.3, 0.4) is 0 Å². The summed E-state index contributed by atoms with van der Waals surface area (Å²) in [6.45, 7) is 5.33. The molecule has 0 radical (unpaired) electrons. The average Bonchev–Trinajstić information content (AvgIpc) is 2.95. The van der Waals surface area contributed by atoms with E-state index in [0.717, 1.165) is 17.6 Å². The van der Waals surface area contributed by atoms with Gasteiger partial charge in [0.15, 0.2) is 0 Å². The third-order valence-corrected chi connectivity index (χ3v) is 5.16. The van der Waals surface area contributed by atoms with Gasteiger partial charge < -0.3 is 15.1 Å². The molecule has 4 nitrogen and oxygen atoms in total. The van der Waals surface area contributed by atoms with E-state index in [1.807, 2.05) is 13.1 Å². The normalized spacial score (nSPS) is 32.0. The molecule has 1 aromatic rings. The maximum absolute atomic E-state index is 5.68. The topological polar surface area (TPSA) is 50.1 Å². The molecule has 118 valence electrons. The lowest BCUT2D eigenvalue weighted by Gasteiger charge is -2.40. The number of oxazole rings is 1. The molecule has 1 aromatic heterocycles. The minimum absolute atomic E-state index is 0.202. The standard InChI is InChI=1S/C17H29N3O/c1-12-11-19-17(21-12)13(2)20-16-9-4-3-7-14(16)15-8-5-6-10-18-15/h11,13-16,18,20H,3-10H2,1-2H3. The third-order valence-electron chi connectivity index (χ3n) is 5.16. The Hall–Kier alpha value is -0.870. The maximum Gasteiger partial charge on any atom is 0.211 e. The van der Waals surface area contributed by atoms with Gasteiger partial charge in [-0.2, -0.15) is 0 Å². The average molecular weight is 291 g/mol. The number of nitrogens with one attached hydrogen (secondary N) is 2. The minimum Gasteiger partial charge on any atom is -0.444 e. The SMILES string of the molecule is Cc1cnc(C(C)NC2CCCCC2C2CCCCN2)o1. The van der Waals surface area contributed by atoms with E-state index >= 15 is 0 Å². The van der Waals surface area contributed by atoms with E-state index in [9.17, 15) is 0 Å². The molecule has 0 bridgehead atoms. The highest BCUT2D eigenvalue weighted by atomic mass is 16.4.